The highest BCUT2D eigenvalue weighted by Gasteiger charge is 2.22. The second-order valence-electron chi connectivity index (χ2n) is 4.83. The Morgan fingerprint density at radius 2 is 1.89 bits per heavy atom. The molecule has 98 valence electrons. The summed E-state index contributed by atoms with van der Waals surface area (Å²) in [6, 6.07) is 11.0. The van der Waals surface area contributed by atoms with Crippen molar-refractivity contribution in [1.29, 1.82) is 0 Å². The lowest BCUT2D eigenvalue weighted by atomic mass is 9.82. The number of amides is 1. The molecule has 0 atom stereocenters. The van der Waals surface area contributed by atoms with E-state index in [1.165, 1.54) is 5.56 Å². The lowest BCUT2D eigenvalue weighted by molar-refractivity contribution is -0.126. The smallest absolute Gasteiger partial charge is 0.245 e. The third kappa shape index (κ3) is 3.82. The van der Waals surface area contributed by atoms with E-state index >= 15 is 0 Å². The largest absolute Gasteiger partial charge is 0.368 e. The van der Waals surface area contributed by atoms with E-state index in [4.69, 9.17) is 10.6 Å². The molecule has 1 aliphatic rings. The predicted octanol–water partition coefficient (Wildman–Crippen LogP) is 1.72. The second-order valence-corrected chi connectivity index (χ2v) is 4.83. The average Bonchev–Trinajstić information content (AvgIpc) is 2.40. The summed E-state index contributed by atoms with van der Waals surface area (Å²) >= 11 is 0. The molecule has 1 aliphatic carbocycles. The van der Waals surface area contributed by atoms with Gasteiger partial charge in [-0.05, 0) is 37.2 Å². The van der Waals surface area contributed by atoms with E-state index in [1.54, 1.807) is 0 Å². The molecule has 1 amide bonds. The third-order valence-electron chi connectivity index (χ3n) is 3.46. The van der Waals surface area contributed by atoms with Gasteiger partial charge < -0.3 is 5.73 Å². The summed E-state index contributed by atoms with van der Waals surface area (Å²) in [6.07, 6.45) is 4.44. The molecule has 0 heterocycles. The van der Waals surface area contributed by atoms with Crippen LogP contribution in [0.25, 0.3) is 0 Å². The lowest BCUT2D eigenvalue weighted by Gasteiger charge is -2.28. The number of benzene rings is 1. The van der Waals surface area contributed by atoms with E-state index in [0.717, 1.165) is 25.7 Å². The first-order chi connectivity index (χ1) is 8.75. The van der Waals surface area contributed by atoms with Crippen molar-refractivity contribution in [2.24, 2.45) is 5.73 Å². The van der Waals surface area contributed by atoms with Gasteiger partial charge in [-0.25, -0.2) is 0 Å². The average molecular weight is 248 g/mol. The highest BCUT2D eigenvalue weighted by molar-refractivity contribution is 5.74. The van der Waals surface area contributed by atoms with Crippen molar-refractivity contribution in [1.82, 2.24) is 5.48 Å². The highest BCUT2D eigenvalue weighted by atomic mass is 16.6. The van der Waals surface area contributed by atoms with Gasteiger partial charge in [0.2, 0.25) is 5.91 Å². The number of carbonyl (C=O) groups is 1. The van der Waals surface area contributed by atoms with Crippen LogP contribution >= 0.6 is 0 Å². The highest BCUT2D eigenvalue weighted by Crippen LogP contribution is 2.32. The summed E-state index contributed by atoms with van der Waals surface area (Å²) in [5.74, 6) is 0.209. The molecule has 18 heavy (non-hydrogen) atoms. The summed E-state index contributed by atoms with van der Waals surface area (Å²) < 4.78 is 0. The van der Waals surface area contributed by atoms with E-state index in [-0.39, 0.29) is 6.61 Å². The molecule has 0 radical (unpaired) electrons. The molecule has 1 saturated carbocycles. The third-order valence-corrected chi connectivity index (χ3v) is 3.46. The molecule has 0 bridgehead atoms. The summed E-state index contributed by atoms with van der Waals surface area (Å²) in [5, 5.41) is 0. The summed E-state index contributed by atoms with van der Waals surface area (Å²) in [7, 11) is 0. The lowest BCUT2D eigenvalue weighted by Crippen LogP contribution is -2.35. The first kappa shape index (κ1) is 13.1. The number of nitrogens with one attached hydrogen (secondary N) is 1. The van der Waals surface area contributed by atoms with Gasteiger partial charge in [-0.1, -0.05) is 30.3 Å². The van der Waals surface area contributed by atoms with Gasteiger partial charge in [0.05, 0.1) is 0 Å². The van der Waals surface area contributed by atoms with Gasteiger partial charge in [0.1, 0.15) is 6.61 Å². The Bertz CT molecular complexity index is 373. The summed E-state index contributed by atoms with van der Waals surface area (Å²) in [5.41, 5.74) is 9.35. The quantitative estimate of drug-likeness (QED) is 0.780. The normalized spacial score (nSPS) is 23.8. The molecule has 0 spiro atoms. The number of carbonyl (C=O) groups excluding carboxylic acids is 1. The van der Waals surface area contributed by atoms with E-state index in [9.17, 15) is 4.79 Å². The van der Waals surface area contributed by atoms with E-state index in [2.05, 4.69) is 29.7 Å². The van der Waals surface area contributed by atoms with Crippen LogP contribution in [0.15, 0.2) is 30.3 Å². The number of primary amides is 1. The number of hydrogen-bond donors (Lipinski definition) is 2. The molecular formula is C14H20N2O2. The first-order valence-electron chi connectivity index (χ1n) is 6.46. The molecule has 0 aromatic heterocycles. The fourth-order valence-corrected chi connectivity index (χ4v) is 2.50. The minimum Gasteiger partial charge on any atom is -0.368 e. The fourth-order valence-electron chi connectivity index (χ4n) is 2.50. The van der Waals surface area contributed by atoms with Crippen LogP contribution in [0.5, 0.6) is 0 Å². The van der Waals surface area contributed by atoms with Crippen LogP contribution in [0.4, 0.5) is 0 Å². The Hall–Kier alpha value is -1.39. The Balaban J connectivity index is 1.73. The Kier molecular flexibility index (Phi) is 4.73. The van der Waals surface area contributed by atoms with Crippen molar-refractivity contribution < 1.29 is 9.63 Å². The van der Waals surface area contributed by atoms with E-state index in [1.807, 2.05) is 6.07 Å². The SMILES string of the molecule is NC(=O)CONC1CCC(c2ccccc2)CC1. The van der Waals surface area contributed by atoms with Crippen molar-refractivity contribution in [3.8, 4) is 0 Å². The van der Waals surface area contributed by atoms with Crippen molar-refractivity contribution >= 4 is 5.91 Å². The number of hydrogen-bond acceptors (Lipinski definition) is 3. The molecule has 0 unspecified atom stereocenters. The molecule has 1 aromatic carbocycles. The zero-order chi connectivity index (χ0) is 12.8. The minimum atomic E-state index is -0.444. The van der Waals surface area contributed by atoms with Crippen LogP contribution in [0.2, 0.25) is 0 Å². The van der Waals surface area contributed by atoms with Gasteiger partial charge in [0.25, 0.3) is 0 Å². The Morgan fingerprint density at radius 1 is 1.22 bits per heavy atom. The van der Waals surface area contributed by atoms with E-state index < -0.39 is 5.91 Å². The van der Waals surface area contributed by atoms with Gasteiger partial charge in [0, 0.05) is 6.04 Å². The zero-order valence-electron chi connectivity index (χ0n) is 10.5. The molecule has 1 aromatic rings. The number of nitrogens with two attached hydrogens (primary N) is 1. The van der Waals surface area contributed by atoms with Crippen LogP contribution in [-0.4, -0.2) is 18.6 Å². The fraction of sp³-hybridized carbons (Fsp3) is 0.500. The predicted molar refractivity (Wildman–Crippen MR) is 69.7 cm³/mol. The standard InChI is InChI=1S/C14H20N2O2/c15-14(17)10-18-16-13-8-6-12(7-9-13)11-4-2-1-3-5-11/h1-5,12-13,16H,6-10H2,(H2,15,17). The first-order valence-corrected chi connectivity index (χ1v) is 6.46. The van der Waals surface area contributed by atoms with Gasteiger partial charge in [-0.15, -0.1) is 0 Å². The van der Waals surface area contributed by atoms with Crippen LogP contribution in [0.3, 0.4) is 0 Å². The number of hydroxylamine groups is 1. The summed E-state index contributed by atoms with van der Waals surface area (Å²) in [4.78, 5) is 15.6. The number of rotatable bonds is 5. The molecule has 1 fully saturated rings. The van der Waals surface area contributed by atoms with Gasteiger partial charge in [-0.3, -0.25) is 9.63 Å². The molecule has 4 nitrogen and oxygen atoms in total. The Morgan fingerprint density at radius 3 is 2.50 bits per heavy atom. The van der Waals surface area contributed by atoms with Crippen LogP contribution in [0, 0.1) is 0 Å². The van der Waals surface area contributed by atoms with Crippen molar-refractivity contribution in [2.45, 2.75) is 37.6 Å². The van der Waals surface area contributed by atoms with Gasteiger partial charge in [-0.2, -0.15) is 5.48 Å². The minimum absolute atomic E-state index is 0.0569. The Labute approximate surface area is 107 Å². The van der Waals surface area contributed by atoms with Gasteiger partial charge in [0.15, 0.2) is 0 Å². The summed E-state index contributed by atoms with van der Waals surface area (Å²) in [6.45, 7) is -0.0569. The zero-order valence-corrected chi connectivity index (χ0v) is 10.5. The molecule has 3 N–H and O–H groups in total. The maximum absolute atomic E-state index is 10.5. The topological polar surface area (TPSA) is 64.4 Å². The van der Waals surface area contributed by atoms with Crippen molar-refractivity contribution in [2.75, 3.05) is 6.61 Å². The van der Waals surface area contributed by atoms with Crippen LogP contribution in [-0.2, 0) is 9.63 Å². The molecule has 4 heteroatoms. The monoisotopic (exact) mass is 248 g/mol. The molecule has 2 rings (SSSR count). The van der Waals surface area contributed by atoms with E-state index in [0.29, 0.717) is 12.0 Å². The van der Waals surface area contributed by atoms with Crippen molar-refractivity contribution in [3.05, 3.63) is 35.9 Å². The molecule has 0 saturated heterocycles. The van der Waals surface area contributed by atoms with Crippen molar-refractivity contribution in [3.63, 3.8) is 0 Å². The second kappa shape index (κ2) is 6.52. The van der Waals surface area contributed by atoms with Crippen LogP contribution in [0.1, 0.15) is 37.2 Å². The van der Waals surface area contributed by atoms with Crippen LogP contribution < -0.4 is 11.2 Å². The maximum atomic E-state index is 10.5. The molecule has 0 aliphatic heterocycles. The van der Waals surface area contributed by atoms with Gasteiger partial charge >= 0.3 is 0 Å². The maximum Gasteiger partial charge on any atom is 0.245 e. The molecular weight excluding hydrogens is 228 g/mol.